The minimum Gasteiger partial charge on any atom is -0.504 e. The second-order valence-corrected chi connectivity index (χ2v) is 6.15. The summed E-state index contributed by atoms with van der Waals surface area (Å²) in [5, 5.41) is 50.2. The van der Waals surface area contributed by atoms with E-state index in [4.69, 9.17) is 18.3 Å². The predicted octanol–water partition coefficient (Wildman–Crippen LogP) is -0.577. The van der Waals surface area contributed by atoms with E-state index in [9.17, 15) is 30.3 Å². The SMILES string of the molecule is O=c1ccc2c(O)c(O[C@@H]3O[C@@H](CO)[C@H](O)[C@H](O)[C@@H]3O)c3occc3c2o1. The summed E-state index contributed by atoms with van der Waals surface area (Å²) in [6.45, 7) is -0.629. The lowest BCUT2D eigenvalue weighted by Crippen LogP contribution is -2.60. The van der Waals surface area contributed by atoms with Crippen LogP contribution in [0.2, 0.25) is 0 Å². The molecule has 27 heavy (non-hydrogen) atoms. The number of phenolic OH excluding ortho intramolecular Hbond substituents is 1. The third kappa shape index (κ3) is 2.74. The molecular weight excluding hydrogens is 364 g/mol. The summed E-state index contributed by atoms with van der Waals surface area (Å²) < 4.78 is 21.3. The van der Waals surface area contributed by atoms with Gasteiger partial charge in [-0.3, -0.25) is 0 Å². The van der Waals surface area contributed by atoms with Crippen molar-refractivity contribution in [3.63, 3.8) is 0 Å². The average molecular weight is 380 g/mol. The van der Waals surface area contributed by atoms with E-state index in [2.05, 4.69) is 0 Å². The zero-order valence-corrected chi connectivity index (χ0v) is 13.7. The Bertz CT molecular complexity index is 1040. The van der Waals surface area contributed by atoms with E-state index in [1.165, 1.54) is 18.4 Å². The lowest BCUT2D eigenvalue weighted by atomic mass is 9.99. The van der Waals surface area contributed by atoms with Crippen molar-refractivity contribution in [2.24, 2.45) is 0 Å². The van der Waals surface area contributed by atoms with Gasteiger partial charge in [0, 0.05) is 6.07 Å². The minimum absolute atomic E-state index is 0.0197. The number of rotatable bonds is 3. The normalized spacial score (nSPS) is 28.7. The molecule has 1 aliphatic heterocycles. The van der Waals surface area contributed by atoms with Gasteiger partial charge in [-0.2, -0.15) is 0 Å². The topological polar surface area (TPSA) is 163 Å². The maximum atomic E-state index is 11.5. The maximum absolute atomic E-state index is 11.5. The number of aliphatic hydroxyl groups is 4. The summed E-state index contributed by atoms with van der Waals surface area (Å²) in [7, 11) is 0. The molecule has 0 unspecified atom stereocenters. The van der Waals surface area contributed by atoms with E-state index in [0.29, 0.717) is 5.39 Å². The summed E-state index contributed by atoms with van der Waals surface area (Å²) in [5.74, 6) is -0.658. The van der Waals surface area contributed by atoms with E-state index in [1.807, 2.05) is 0 Å². The van der Waals surface area contributed by atoms with Crippen LogP contribution in [0.1, 0.15) is 0 Å². The lowest BCUT2D eigenvalue weighted by molar-refractivity contribution is -0.277. The number of fused-ring (bicyclic) bond motifs is 3. The van der Waals surface area contributed by atoms with Crippen molar-refractivity contribution in [1.82, 2.24) is 0 Å². The molecule has 0 amide bonds. The van der Waals surface area contributed by atoms with Gasteiger partial charge in [0.15, 0.2) is 16.9 Å². The first-order chi connectivity index (χ1) is 12.9. The summed E-state index contributed by atoms with van der Waals surface area (Å²) in [6.07, 6.45) is -6.27. The standard InChI is InChI=1S/C17H16O10/c18-5-8-11(21)12(22)13(23)17(25-8)27-16-10(20)6-1-2-9(19)26-14(6)7-3-4-24-15(7)16/h1-4,8,11-13,17-18,20-23H,5H2/t8-,11-,12-,13-,17-/m0/s1. The molecule has 3 aromatic rings. The third-order valence-electron chi connectivity index (χ3n) is 4.50. The van der Waals surface area contributed by atoms with Crippen LogP contribution in [0.5, 0.6) is 11.5 Å². The molecule has 10 heteroatoms. The van der Waals surface area contributed by atoms with Gasteiger partial charge >= 0.3 is 5.63 Å². The van der Waals surface area contributed by atoms with Crippen molar-refractivity contribution < 1.29 is 43.8 Å². The Kier molecular flexibility index (Phi) is 4.29. The average Bonchev–Trinajstić information content (AvgIpc) is 3.14. The van der Waals surface area contributed by atoms with E-state index < -0.39 is 48.7 Å². The third-order valence-corrected chi connectivity index (χ3v) is 4.50. The van der Waals surface area contributed by atoms with Crippen molar-refractivity contribution in [1.29, 1.82) is 0 Å². The Labute approximate surface area is 150 Å². The first-order valence-corrected chi connectivity index (χ1v) is 8.05. The molecule has 0 bridgehead atoms. The summed E-state index contributed by atoms with van der Waals surface area (Å²) in [6, 6.07) is 3.95. The van der Waals surface area contributed by atoms with Crippen molar-refractivity contribution in [3.8, 4) is 11.5 Å². The highest BCUT2D eigenvalue weighted by atomic mass is 16.7. The maximum Gasteiger partial charge on any atom is 0.336 e. The van der Waals surface area contributed by atoms with Crippen LogP contribution in [0.15, 0.2) is 38.1 Å². The minimum atomic E-state index is -1.67. The summed E-state index contributed by atoms with van der Waals surface area (Å²) >= 11 is 0. The largest absolute Gasteiger partial charge is 0.504 e. The quantitative estimate of drug-likeness (QED) is 0.372. The fourth-order valence-electron chi connectivity index (χ4n) is 3.09. The summed E-state index contributed by atoms with van der Waals surface area (Å²) in [4.78, 5) is 11.5. The highest BCUT2D eigenvalue weighted by molar-refractivity contribution is 6.08. The number of aromatic hydroxyl groups is 1. The second kappa shape index (κ2) is 6.51. The van der Waals surface area contributed by atoms with Gasteiger partial charge in [0.05, 0.1) is 23.6 Å². The molecule has 1 aromatic carbocycles. The molecule has 0 aliphatic carbocycles. The number of hydrogen-bond acceptors (Lipinski definition) is 10. The molecule has 5 N–H and O–H groups in total. The van der Waals surface area contributed by atoms with Gasteiger partial charge in [-0.15, -0.1) is 0 Å². The Morgan fingerprint density at radius 3 is 2.52 bits per heavy atom. The van der Waals surface area contributed by atoms with Gasteiger partial charge in [0.2, 0.25) is 12.0 Å². The monoisotopic (exact) mass is 380 g/mol. The Morgan fingerprint density at radius 1 is 1.00 bits per heavy atom. The fraction of sp³-hybridized carbons (Fsp3) is 0.353. The van der Waals surface area contributed by atoms with Gasteiger partial charge in [-0.1, -0.05) is 0 Å². The Balaban J connectivity index is 1.81. The molecule has 10 nitrogen and oxygen atoms in total. The smallest absolute Gasteiger partial charge is 0.336 e. The molecule has 144 valence electrons. The van der Waals surface area contributed by atoms with Gasteiger partial charge in [-0.05, 0) is 12.1 Å². The molecule has 2 aromatic heterocycles. The van der Waals surface area contributed by atoms with Crippen LogP contribution in [0.25, 0.3) is 21.9 Å². The molecule has 3 heterocycles. The van der Waals surface area contributed by atoms with Gasteiger partial charge in [-0.25, -0.2) is 4.79 Å². The van der Waals surface area contributed by atoms with E-state index in [-0.39, 0.29) is 22.3 Å². The molecule has 0 radical (unpaired) electrons. The van der Waals surface area contributed by atoms with Crippen LogP contribution in [0.3, 0.4) is 0 Å². The fourth-order valence-corrected chi connectivity index (χ4v) is 3.09. The molecule has 5 atom stereocenters. The Morgan fingerprint density at radius 2 is 1.78 bits per heavy atom. The van der Waals surface area contributed by atoms with Crippen LogP contribution >= 0.6 is 0 Å². The number of hydrogen-bond donors (Lipinski definition) is 5. The second-order valence-electron chi connectivity index (χ2n) is 6.15. The van der Waals surface area contributed by atoms with Crippen LogP contribution in [0.4, 0.5) is 0 Å². The summed E-state index contributed by atoms with van der Waals surface area (Å²) in [5.41, 5.74) is -0.511. The molecule has 1 saturated heterocycles. The molecule has 0 spiro atoms. The number of aliphatic hydroxyl groups excluding tert-OH is 4. The van der Waals surface area contributed by atoms with Gasteiger partial charge < -0.3 is 43.8 Å². The lowest BCUT2D eigenvalue weighted by Gasteiger charge is -2.39. The predicted molar refractivity (Wildman–Crippen MR) is 88.3 cm³/mol. The van der Waals surface area contributed by atoms with Crippen molar-refractivity contribution in [2.45, 2.75) is 30.7 Å². The van der Waals surface area contributed by atoms with Crippen molar-refractivity contribution in [2.75, 3.05) is 6.61 Å². The van der Waals surface area contributed by atoms with E-state index in [1.54, 1.807) is 0 Å². The van der Waals surface area contributed by atoms with Gasteiger partial charge in [0.25, 0.3) is 0 Å². The van der Waals surface area contributed by atoms with Gasteiger partial charge in [0.1, 0.15) is 24.4 Å². The number of phenols is 1. The number of benzene rings is 1. The van der Waals surface area contributed by atoms with Crippen LogP contribution in [-0.2, 0) is 4.74 Å². The van der Waals surface area contributed by atoms with Crippen LogP contribution in [0, 0.1) is 0 Å². The molecule has 4 rings (SSSR count). The first kappa shape index (κ1) is 17.8. The zero-order chi connectivity index (χ0) is 19.3. The zero-order valence-electron chi connectivity index (χ0n) is 13.7. The molecule has 1 fully saturated rings. The van der Waals surface area contributed by atoms with E-state index in [0.717, 1.165) is 6.07 Å². The molecule has 0 saturated carbocycles. The molecule has 1 aliphatic rings. The number of ether oxygens (including phenoxy) is 2. The van der Waals surface area contributed by atoms with Crippen LogP contribution < -0.4 is 10.4 Å². The highest BCUT2D eigenvalue weighted by Crippen LogP contribution is 2.44. The van der Waals surface area contributed by atoms with E-state index >= 15 is 0 Å². The van der Waals surface area contributed by atoms with Crippen molar-refractivity contribution >= 4 is 21.9 Å². The highest BCUT2D eigenvalue weighted by Gasteiger charge is 2.45. The van der Waals surface area contributed by atoms with Crippen molar-refractivity contribution in [3.05, 3.63) is 34.9 Å². The van der Waals surface area contributed by atoms with Crippen LogP contribution in [-0.4, -0.2) is 62.8 Å². The molecular formula is C17H16O10. The number of furan rings is 1. The Hall–Kier alpha value is -2.63. The first-order valence-electron chi connectivity index (χ1n) is 8.05.